The van der Waals surface area contributed by atoms with Crippen molar-refractivity contribution in [2.75, 3.05) is 5.32 Å². The maximum Gasteiger partial charge on any atom is 0.241 e. The van der Waals surface area contributed by atoms with Crippen molar-refractivity contribution in [2.45, 2.75) is 62.4 Å². The summed E-state index contributed by atoms with van der Waals surface area (Å²) < 4.78 is 29.5. The number of anilines is 1. The van der Waals surface area contributed by atoms with E-state index >= 15 is 0 Å². The molecule has 0 aliphatic heterocycles. The molecule has 0 heterocycles. The fourth-order valence-corrected chi connectivity index (χ4v) is 7.98. The van der Waals surface area contributed by atoms with Gasteiger partial charge >= 0.3 is 0 Å². The molecule has 32 heavy (non-hydrogen) atoms. The Hall–Kier alpha value is -1.96. The first-order valence-corrected chi connectivity index (χ1v) is 13.4. The summed E-state index contributed by atoms with van der Waals surface area (Å²) >= 11 is 5.39. The molecule has 5 nitrogen and oxygen atoms in total. The smallest absolute Gasteiger partial charge is 0.241 e. The maximum atomic E-state index is 13.2. The number of thiocarbonyl (C=S) groups is 1. The Bertz CT molecular complexity index is 1060. The number of rotatable bonds is 6. The van der Waals surface area contributed by atoms with Crippen LogP contribution in [0, 0.1) is 24.7 Å². The summed E-state index contributed by atoms with van der Waals surface area (Å²) in [5.74, 6) is 2.09. The predicted octanol–water partition coefficient (Wildman–Crippen LogP) is 4.73. The lowest BCUT2D eigenvalue weighted by Gasteiger charge is -2.56. The summed E-state index contributed by atoms with van der Waals surface area (Å²) in [4.78, 5) is 0.317. The van der Waals surface area contributed by atoms with Gasteiger partial charge in [0.2, 0.25) is 10.0 Å². The number of hydrogen-bond donors (Lipinski definition) is 3. The minimum absolute atomic E-state index is 0.230. The van der Waals surface area contributed by atoms with E-state index in [2.05, 4.69) is 46.5 Å². The van der Waals surface area contributed by atoms with Crippen molar-refractivity contribution < 1.29 is 8.42 Å². The van der Waals surface area contributed by atoms with Gasteiger partial charge in [0, 0.05) is 17.8 Å². The molecule has 2 aromatic rings. The molecule has 6 rings (SSSR count). The van der Waals surface area contributed by atoms with E-state index in [0.717, 1.165) is 30.5 Å². The van der Waals surface area contributed by atoms with Crippen molar-refractivity contribution in [3.63, 3.8) is 0 Å². The van der Waals surface area contributed by atoms with Gasteiger partial charge in [0.25, 0.3) is 0 Å². The largest absolute Gasteiger partial charge is 0.358 e. The summed E-state index contributed by atoms with van der Waals surface area (Å²) in [5.41, 5.74) is 2.91. The zero-order valence-electron chi connectivity index (χ0n) is 18.4. The van der Waals surface area contributed by atoms with Crippen LogP contribution in [0.4, 0.5) is 5.69 Å². The monoisotopic (exact) mass is 469 g/mol. The van der Waals surface area contributed by atoms with Crippen LogP contribution in [0.5, 0.6) is 0 Å². The second kappa shape index (κ2) is 8.43. The van der Waals surface area contributed by atoms with Crippen molar-refractivity contribution in [3.05, 3.63) is 59.7 Å². The lowest BCUT2D eigenvalue weighted by atomic mass is 9.53. The van der Waals surface area contributed by atoms with E-state index in [1.807, 2.05) is 0 Å². The summed E-state index contributed by atoms with van der Waals surface area (Å²) in [5, 5.41) is 6.83. The number of aryl methyl sites for hydroxylation is 1. The molecule has 0 amide bonds. The molecule has 0 unspecified atom stereocenters. The molecule has 0 radical (unpaired) electrons. The van der Waals surface area contributed by atoms with Gasteiger partial charge in [0.15, 0.2) is 5.11 Å². The second-order valence-corrected chi connectivity index (χ2v) is 12.2. The molecule has 170 valence electrons. The number of sulfonamides is 1. The first-order chi connectivity index (χ1) is 15.3. The van der Waals surface area contributed by atoms with Crippen LogP contribution in [-0.2, 0) is 16.6 Å². The van der Waals surface area contributed by atoms with Crippen LogP contribution in [0.1, 0.15) is 49.7 Å². The highest BCUT2D eigenvalue weighted by atomic mass is 32.2. The lowest BCUT2D eigenvalue weighted by Crippen LogP contribution is -2.59. The molecule has 0 saturated heterocycles. The predicted molar refractivity (Wildman–Crippen MR) is 132 cm³/mol. The number of hydrogen-bond acceptors (Lipinski definition) is 3. The van der Waals surface area contributed by atoms with Gasteiger partial charge < -0.3 is 10.6 Å². The molecule has 0 atom stereocenters. The average molecular weight is 470 g/mol. The van der Waals surface area contributed by atoms with Crippen molar-refractivity contribution in [3.8, 4) is 0 Å². The maximum absolute atomic E-state index is 13.2. The normalized spacial score (nSPS) is 28.5. The van der Waals surface area contributed by atoms with Gasteiger partial charge in [-0.25, -0.2) is 13.1 Å². The first kappa shape index (κ1) is 21.9. The topological polar surface area (TPSA) is 70.2 Å². The van der Waals surface area contributed by atoms with Gasteiger partial charge in [-0.05, 0) is 105 Å². The molecular weight excluding hydrogens is 438 g/mol. The second-order valence-electron chi connectivity index (χ2n) is 10.1. The van der Waals surface area contributed by atoms with Crippen LogP contribution in [-0.4, -0.2) is 19.1 Å². The Kier molecular flexibility index (Phi) is 5.76. The summed E-state index contributed by atoms with van der Waals surface area (Å²) in [6.07, 6.45) is 6.87. The van der Waals surface area contributed by atoms with Gasteiger partial charge in [-0.1, -0.05) is 29.8 Å². The van der Waals surface area contributed by atoms with E-state index in [1.165, 1.54) is 24.8 Å². The highest BCUT2D eigenvalue weighted by Crippen LogP contribution is 2.55. The SMILES string of the molecule is Cc1ccc(CNC(=S)Nc2ccc(S(=O)(=O)NC34CC5CC(CC(C5)C3)C4)cc2)cc1. The van der Waals surface area contributed by atoms with E-state index < -0.39 is 10.0 Å². The zero-order valence-corrected chi connectivity index (χ0v) is 20.1. The van der Waals surface area contributed by atoms with Crippen LogP contribution >= 0.6 is 12.2 Å². The van der Waals surface area contributed by atoms with E-state index in [1.54, 1.807) is 24.3 Å². The highest BCUT2D eigenvalue weighted by molar-refractivity contribution is 7.89. The van der Waals surface area contributed by atoms with Gasteiger partial charge in [-0.3, -0.25) is 0 Å². The minimum atomic E-state index is -3.54. The van der Waals surface area contributed by atoms with Crippen LogP contribution in [0.3, 0.4) is 0 Å². The molecule has 0 aromatic heterocycles. The fourth-order valence-electron chi connectivity index (χ4n) is 6.36. The van der Waals surface area contributed by atoms with E-state index in [9.17, 15) is 8.42 Å². The van der Waals surface area contributed by atoms with Crippen LogP contribution in [0.25, 0.3) is 0 Å². The molecule has 4 bridgehead atoms. The van der Waals surface area contributed by atoms with Crippen LogP contribution in [0.15, 0.2) is 53.4 Å². The van der Waals surface area contributed by atoms with Gasteiger partial charge in [-0.2, -0.15) is 0 Å². The third-order valence-corrected chi connectivity index (χ3v) is 9.23. The molecular formula is C25H31N3O2S2. The molecule has 7 heteroatoms. The molecule has 2 aromatic carbocycles. The first-order valence-electron chi connectivity index (χ1n) is 11.5. The quantitative estimate of drug-likeness (QED) is 0.534. The van der Waals surface area contributed by atoms with Gasteiger partial charge in [-0.15, -0.1) is 0 Å². The molecule has 4 aliphatic carbocycles. The molecule has 4 saturated carbocycles. The third kappa shape index (κ3) is 4.70. The molecule has 4 fully saturated rings. The third-order valence-electron chi connectivity index (χ3n) is 7.39. The fraction of sp³-hybridized carbons (Fsp3) is 0.480. The number of benzene rings is 2. The van der Waals surface area contributed by atoms with Crippen LogP contribution < -0.4 is 15.4 Å². The summed E-state index contributed by atoms with van der Waals surface area (Å²) in [7, 11) is -3.54. The molecule has 3 N–H and O–H groups in total. The van der Waals surface area contributed by atoms with E-state index in [-0.39, 0.29) is 5.54 Å². The highest BCUT2D eigenvalue weighted by Gasteiger charge is 2.52. The summed E-state index contributed by atoms with van der Waals surface area (Å²) in [6, 6.07) is 15.2. The Balaban J connectivity index is 1.19. The Morgan fingerprint density at radius 2 is 1.50 bits per heavy atom. The van der Waals surface area contributed by atoms with Crippen LogP contribution in [0.2, 0.25) is 0 Å². The molecule has 0 spiro atoms. The minimum Gasteiger partial charge on any atom is -0.358 e. The Morgan fingerprint density at radius 3 is 2.06 bits per heavy atom. The Morgan fingerprint density at radius 1 is 0.938 bits per heavy atom. The summed E-state index contributed by atoms with van der Waals surface area (Å²) in [6.45, 7) is 2.69. The van der Waals surface area contributed by atoms with Crippen molar-refractivity contribution >= 4 is 33.0 Å². The van der Waals surface area contributed by atoms with Crippen molar-refractivity contribution in [1.29, 1.82) is 0 Å². The Labute approximate surface area is 196 Å². The van der Waals surface area contributed by atoms with Crippen molar-refractivity contribution in [2.24, 2.45) is 17.8 Å². The number of nitrogens with one attached hydrogen (secondary N) is 3. The van der Waals surface area contributed by atoms with E-state index in [0.29, 0.717) is 34.3 Å². The van der Waals surface area contributed by atoms with E-state index in [4.69, 9.17) is 12.2 Å². The molecule has 4 aliphatic rings. The lowest BCUT2D eigenvalue weighted by molar-refractivity contribution is -0.00810. The van der Waals surface area contributed by atoms with Gasteiger partial charge in [0.1, 0.15) is 0 Å². The van der Waals surface area contributed by atoms with Crippen molar-refractivity contribution in [1.82, 2.24) is 10.0 Å². The standard InChI is InChI=1S/C25H31N3O2S2/c1-17-2-4-18(5-3-17)16-26-24(31)27-22-6-8-23(9-7-22)32(29,30)28-25-13-19-10-20(14-25)12-21(11-19)15-25/h2-9,19-21,28H,10-16H2,1H3,(H2,26,27,31). The average Bonchev–Trinajstić information content (AvgIpc) is 2.72. The zero-order chi connectivity index (χ0) is 22.3. The van der Waals surface area contributed by atoms with Gasteiger partial charge in [0.05, 0.1) is 4.90 Å².